The van der Waals surface area contributed by atoms with Gasteiger partial charge >= 0.3 is 0 Å². The zero-order chi connectivity index (χ0) is 13.2. The van der Waals surface area contributed by atoms with Gasteiger partial charge in [-0.1, -0.05) is 12.1 Å². The Balaban J connectivity index is 1.73. The second-order valence-electron chi connectivity index (χ2n) is 4.12. The van der Waals surface area contributed by atoms with Crippen LogP contribution in [-0.4, -0.2) is 22.0 Å². The first-order chi connectivity index (χ1) is 9.24. The molecule has 6 heteroatoms. The zero-order valence-electron chi connectivity index (χ0n) is 9.84. The topological polar surface area (TPSA) is 64.1 Å². The largest absolute Gasteiger partial charge is 0.477 e. The number of hydrogen-bond donors (Lipinski definition) is 1. The van der Waals surface area contributed by atoms with Crippen molar-refractivity contribution in [3.05, 3.63) is 48.2 Å². The zero-order valence-corrected chi connectivity index (χ0v) is 9.84. The van der Waals surface area contributed by atoms with Crippen LogP contribution in [0.2, 0.25) is 0 Å². The predicted octanol–water partition coefficient (Wildman–Crippen LogP) is 1.56. The summed E-state index contributed by atoms with van der Waals surface area (Å²) in [5.74, 6) is -0.322. The minimum atomic E-state index is -0.742. The molecule has 1 unspecified atom stereocenters. The van der Waals surface area contributed by atoms with Gasteiger partial charge < -0.3 is 10.1 Å². The summed E-state index contributed by atoms with van der Waals surface area (Å²) in [5.41, 5.74) is 0.694. The number of carbonyl (C=O) groups excluding carboxylic acids is 1. The summed E-state index contributed by atoms with van der Waals surface area (Å²) in [6, 6.07) is 4.65. The normalized spacial score (nSPS) is 16.6. The highest BCUT2D eigenvalue weighted by Gasteiger charge is 2.31. The number of para-hydroxylation sites is 1. The number of aromatic nitrogens is 2. The summed E-state index contributed by atoms with van der Waals surface area (Å²) in [5, 5.41) is 2.58. The quantitative estimate of drug-likeness (QED) is 0.888. The molecule has 0 saturated carbocycles. The summed E-state index contributed by atoms with van der Waals surface area (Å²) < 4.78 is 18.8. The van der Waals surface area contributed by atoms with Crippen LogP contribution in [0, 0.1) is 5.82 Å². The van der Waals surface area contributed by atoms with Gasteiger partial charge in [-0.25, -0.2) is 9.37 Å². The molecule has 0 fully saturated rings. The van der Waals surface area contributed by atoms with Crippen molar-refractivity contribution in [1.29, 1.82) is 0 Å². The van der Waals surface area contributed by atoms with Crippen LogP contribution in [0.4, 0.5) is 10.2 Å². The molecule has 1 atom stereocenters. The molecule has 2 heterocycles. The second-order valence-corrected chi connectivity index (χ2v) is 4.12. The number of nitrogens with zero attached hydrogens (tertiary/aromatic N) is 2. The van der Waals surface area contributed by atoms with Crippen LogP contribution >= 0.6 is 0 Å². The molecule has 2 aromatic rings. The van der Waals surface area contributed by atoms with E-state index in [1.54, 1.807) is 12.1 Å². The first-order valence-electron chi connectivity index (χ1n) is 5.75. The fraction of sp³-hybridized carbons (Fsp3) is 0.154. The molecule has 1 aromatic carbocycles. The SMILES string of the molecule is O=C(Nc1cnccn1)C1Cc2cccc(F)c2O1. The molecular formula is C13H10FN3O2. The van der Waals surface area contributed by atoms with Crippen molar-refractivity contribution in [2.75, 3.05) is 5.32 Å². The van der Waals surface area contributed by atoms with E-state index in [1.165, 1.54) is 24.7 Å². The van der Waals surface area contributed by atoms with E-state index in [4.69, 9.17) is 4.74 Å². The van der Waals surface area contributed by atoms with E-state index in [9.17, 15) is 9.18 Å². The van der Waals surface area contributed by atoms with Gasteiger partial charge in [0.15, 0.2) is 23.5 Å². The van der Waals surface area contributed by atoms with Gasteiger partial charge in [-0.2, -0.15) is 0 Å². The maximum Gasteiger partial charge on any atom is 0.266 e. The molecule has 1 N–H and O–H groups in total. The Morgan fingerprint density at radius 3 is 3.05 bits per heavy atom. The fourth-order valence-corrected chi connectivity index (χ4v) is 1.95. The van der Waals surface area contributed by atoms with Crippen LogP contribution in [0.5, 0.6) is 5.75 Å². The van der Waals surface area contributed by atoms with Crippen molar-refractivity contribution < 1.29 is 13.9 Å². The smallest absolute Gasteiger partial charge is 0.266 e. The highest BCUT2D eigenvalue weighted by atomic mass is 19.1. The van der Waals surface area contributed by atoms with Gasteiger partial charge in [0.05, 0.1) is 6.20 Å². The van der Waals surface area contributed by atoms with Crippen LogP contribution in [0.15, 0.2) is 36.8 Å². The number of benzene rings is 1. The third-order valence-corrected chi connectivity index (χ3v) is 2.82. The first-order valence-corrected chi connectivity index (χ1v) is 5.75. The van der Waals surface area contributed by atoms with Gasteiger partial charge in [-0.15, -0.1) is 0 Å². The fourth-order valence-electron chi connectivity index (χ4n) is 1.95. The molecule has 0 saturated heterocycles. The highest BCUT2D eigenvalue weighted by molar-refractivity contribution is 5.94. The Bertz CT molecular complexity index is 619. The molecule has 0 bridgehead atoms. The Morgan fingerprint density at radius 2 is 2.32 bits per heavy atom. The Morgan fingerprint density at radius 1 is 1.42 bits per heavy atom. The number of carbonyl (C=O) groups is 1. The molecule has 1 aromatic heterocycles. The maximum absolute atomic E-state index is 13.5. The summed E-state index contributed by atoms with van der Waals surface area (Å²) in [6.45, 7) is 0. The minimum Gasteiger partial charge on any atom is -0.477 e. The maximum atomic E-state index is 13.5. The van der Waals surface area contributed by atoms with E-state index >= 15 is 0 Å². The van der Waals surface area contributed by atoms with Crippen molar-refractivity contribution >= 4 is 11.7 Å². The first kappa shape index (κ1) is 11.6. The summed E-state index contributed by atoms with van der Waals surface area (Å²) in [6.07, 6.45) is 4.01. The van der Waals surface area contributed by atoms with E-state index in [2.05, 4.69) is 15.3 Å². The van der Waals surface area contributed by atoms with Crippen molar-refractivity contribution in [2.24, 2.45) is 0 Å². The van der Waals surface area contributed by atoms with Crippen molar-refractivity contribution in [3.8, 4) is 5.75 Å². The van der Waals surface area contributed by atoms with E-state index in [1.807, 2.05) is 0 Å². The average Bonchev–Trinajstić information content (AvgIpc) is 2.85. The number of ether oxygens (including phenoxy) is 1. The van der Waals surface area contributed by atoms with E-state index in [0.29, 0.717) is 17.8 Å². The molecule has 0 radical (unpaired) electrons. The Labute approximate surface area is 108 Å². The Hall–Kier alpha value is -2.50. The lowest BCUT2D eigenvalue weighted by Gasteiger charge is -2.10. The monoisotopic (exact) mass is 259 g/mol. The van der Waals surface area contributed by atoms with Crippen molar-refractivity contribution in [2.45, 2.75) is 12.5 Å². The second kappa shape index (κ2) is 4.64. The molecule has 3 rings (SSSR count). The molecule has 19 heavy (non-hydrogen) atoms. The summed E-state index contributed by atoms with van der Waals surface area (Å²) >= 11 is 0. The minimum absolute atomic E-state index is 0.154. The number of halogens is 1. The number of nitrogens with one attached hydrogen (secondary N) is 1. The third-order valence-electron chi connectivity index (χ3n) is 2.82. The molecular weight excluding hydrogens is 249 g/mol. The van der Waals surface area contributed by atoms with Gasteiger partial charge in [0.1, 0.15) is 0 Å². The van der Waals surface area contributed by atoms with Crippen LogP contribution in [0.1, 0.15) is 5.56 Å². The lowest BCUT2D eigenvalue weighted by molar-refractivity contribution is -0.122. The number of fused-ring (bicyclic) bond motifs is 1. The molecule has 1 aliphatic rings. The number of hydrogen-bond acceptors (Lipinski definition) is 4. The lowest BCUT2D eigenvalue weighted by atomic mass is 10.1. The average molecular weight is 259 g/mol. The molecule has 0 aliphatic carbocycles. The van der Waals surface area contributed by atoms with Gasteiger partial charge in [0.25, 0.3) is 5.91 Å². The van der Waals surface area contributed by atoms with Gasteiger partial charge in [0, 0.05) is 24.4 Å². The van der Waals surface area contributed by atoms with Crippen molar-refractivity contribution in [3.63, 3.8) is 0 Å². The van der Waals surface area contributed by atoms with Crippen LogP contribution in [0.3, 0.4) is 0 Å². The standard InChI is InChI=1S/C13H10FN3O2/c14-9-3-1-2-8-6-10(19-12(8)9)13(18)17-11-7-15-4-5-16-11/h1-5,7,10H,6H2,(H,16,17,18). The number of anilines is 1. The van der Waals surface area contributed by atoms with Gasteiger partial charge in [-0.05, 0) is 6.07 Å². The summed E-state index contributed by atoms with van der Waals surface area (Å²) in [4.78, 5) is 19.7. The van der Waals surface area contributed by atoms with E-state index in [-0.39, 0.29) is 11.7 Å². The van der Waals surface area contributed by atoms with E-state index < -0.39 is 11.9 Å². The van der Waals surface area contributed by atoms with Gasteiger partial charge in [-0.3, -0.25) is 9.78 Å². The molecule has 1 aliphatic heterocycles. The number of amides is 1. The Kier molecular flexibility index (Phi) is 2.83. The van der Waals surface area contributed by atoms with E-state index in [0.717, 1.165) is 0 Å². The molecule has 1 amide bonds. The molecule has 5 nitrogen and oxygen atoms in total. The predicted molar refractivity (Wildman–Crippen MR) is 65.2 cm³/mol. The van der Waals surface area contributed by atoms with Crippen LogP contribution in [0.25, 0.3) is 0 Å². The van der Waals surface area contributed by atoms with Crippen LogP contribution in [-0.2, 0) is 11.2 Å². The summed E-state index contributed by atoms with van der Waals surface area (Å²) in [7, 11) is 0. The lowest BCUT2D eigenvalue weighted by Crippen LogP contribution is -2.31. The number of rotatable bonds is 2. The highest BCUT2D eigenvalue weighted by Crippen LogP contribution is 2.31. The third kappa shape index (κ3) is 2.24. The molecule has 96 valence electrons. The molecule has 0 spiro atoms. The van der Waals surface area contributed by atoms with Crippen molar-refractivity contribution in [1.82, 2.24) is 9.97 Å². The van der Waals surface area contributed by atoms with Gasteiger partial charge in [0.2, 0.25) is 0 Å². The van der Waals surface area contributed by atoms with Crippen LogP contribution < -0.4 is 10.1 Å².